The molecule has 5 heteroatoms. The molecule has 21 heavy (non-hydrogen) atoms. The molecule has 2 bridgehead atoms. The monoisotopic (exact) mass is 343 g/mol. The Morgan fingerprint density at radius 2 is 1.71 bits per heavy atom. The number of nitrogens with zero attached hydrogens (tertiary/aromatic N) is 2. The predicted octanol–water partition coefficient (Wildman–Crippen LogP) is 5.95. The highest BCUT2D eigenvalue weighted by Gasteiger charge is 2.65. The van der Waals surface area contributed by atoms with Crippen molar-refractivity contribution in [2.24, 2.45) is 22.9 Å². The Kier molecular flexibility index (Phi) is 3.13. The second kappa shape index (κ2) is 4.59. The first-order valence-electron chi connectivity index (χ1n) is 7.55. The number of fused-ring (bicyclic) bond motifs is 5. The molecule has 3 aliphatic rings. The molecule has 1 aliphatic heterocycles. The number of rotatable bonds is 1. The van der Waals surface area contributed by atoms with Gasteiger partial charge in [-0.1, -0.05) is 39.5 Å². The molecule has 0 aromatic heterocycles. The van der Waals surface area contributed by atoms with Gasteiger partial charge in [-0.25, -0.2) is 0 Å². The lowest BCUT2D eigenvalue weighted by Crippen LogP contribution is -2.38. The first-order chi connectivity index (χ1) is 9.88. The molecule has 0 N–H and O–H groups in total. The summed E-state index contributed by atoms with van der Waals surface area (Å²) >= 11 is 18.9. The average molecular weight is 345 g/mol. The molecule has 4 atom stereocenters. The van der Waals surface area contributed by atoms with E-state index < -0.39 is 0 Å². The molecule has 112 valence electrons. The van der Waals surface area contributed by atoms with Gasteiger partial charge < -0.3 is 0 Å². The summed E-state index contributed by atoms with van der Waals surface area (Å²) in [4.78, 5) is 0. The van der Waals surface area contributed by atoms with Gasteiger partial charge >= 0.3 is 0 Å². The van der Waals surface area contributed by atoms with Gasteiger partial charge in [-0.3, -0.25) is 0 Å². The van der Waals surface area contributed by atoms with Crippen LogP contribution in [0.4, 0.5) is 5.69 Å². The highest BCUT2D eigenvalue weighted by atomic mass is 35.5. The molecular formula is C16H18Cl3N2+. The van der Waals surface area contributed by atoms with Crippen LogP contribution in [0.1, 0.15) is 33.1 Å². The maximum atomic E-state index is 6.43. The smallest absolute Gasteiger partial charge is 0.0842 e. The molecule has 0 amide bonds. The molecule has 1 aromatic rings. The van der Waals surface area contributed by atoms with E-state index in [1.165, 1.54) is 19.3 Å². The van der Waals surface area contributed by atoms with Gasteiger partial charge in [0.2, 0.25) is 0 Å². The molecule has 2 aliphatic carbocycles. The maximum absolute atomic E-state index is 6.43. The van der Waals surface area contributed by atoms with Crippen molar-refractivity contribution in [1.29, 1.82) is 0 Å². The number of halogens is 3. The Labute approximate surface area is 140 Å². The summed E-state index contributed by atoms with van der Waals surface area (Å²) in [6.45, 7) is 4.48. The molecule has 2 fully saturated rings. The summed E-state index contributed by atoms with van der Waals surface area (Å²) in [5, 5.41) is 6.74. The minimum Gasteiger partial charge on any atom is -0.0842 e. The standard InChI is InChI=1S/C16H18Cl3N2/c1-16(2)13-8-3-4-9(5-8)14(13)21(20-16)15-11(18)6-10(17)7-12(15)19/h6-9,13-14H,3-5H2,1-2H3/q+1/t8-,9+,13+,14-/m1/s1. The zero-order valence-corrected chi connectivity index (χ0v) is 14.4. The van der Waals surface area contributed by atoms with Crippen LogP contribution in [0.3, 0.4) is 0 Å². The van der Waals surface area contributed by atoms with Gasteiger partial charge in [0.05, 0.1) is 5.92 Å². The van der Waals surface area contributed by atoms with Crippen molar-refractivity contribution in [3.05, 3.63) is 27.2 Å². The van der Waals surface area contributed by atoms with E-state index in [4.69, 9.17) is 39.9 Å². The Balaban J connectivity index is 1.86. The molecule has 2 nitrogen and oxygen atoms in total. The fraction of sp³-hybridized carbons (Fsp3) is 0.625. The summed E-state index contributed by atoms with van der Waals surface area (Å²) in [6, 6.07) is 3.95. The van der Waals surface area contributed by atoms with Crippen molar-refractivity contribution in [2.45, 2.75) is 44.7 Å². The van der Waals surface area contributed by atoms with Crippen LogP contribution in [-0.4, -0.2) is 16.3 Å². The van der Waals surface area contributed by atoms with E-state index in [9.17, 15) is 0 Å². The third-order valence-electron chi connectivity index (χ3n) is 5.55. The van der Waals surface area contributed by atoms with E-state index in [0.29, 0.717) is 32.9 Å². The van der Waals surface area contributed by atoms with Crippen molar-refractivity contribution in [2.75, 3.05) is 0 Å². The minimum absolute atomic E-state index is 0.0448. The Hall–Kier alpha value is -0.310. The second-order valence-electron chi connectivity index (χ2n) is 7.17. The Morgan fingerprint density at radius 1 is 1.10 bits per heavy atom. The van der Waals surface area contributed by atoms with Crippen LogP contribution in [0.25, 0.3) is 0 Å². The summed E-state index contributed by atoms with van der Waals surface area (Å²) in [6.07, 6.45) is 3.98. The van der Waals surface area contributed by atoms with Gasteiger partial charge in [0.15, 0.2) is 6.04 Å². The van der Waals surface area contributed by atoms with Crippen LogP contribution < -0.4 is 0 Å². The predicted molar refractivity (Wildman–Crippen MR) is 86.0 cm³/mol. The SMILES string of the molecule is CC1(C)N=[N+](c2c(Cl)cc(Cl)cc2Cl)[C@@H]2[C@H]3CC[C@H](C3)[C@@H]21. The average Bonchev–Trinajstić information content (AvgIpc) is 3.01. The Bertz CT molecular complexity index is 630. The van der Waals surface area contributed by atoms with E-state index in [1.54, 1.807) is 12.1 Å². The van der Waals surface area contributed by atoms with Crippen LogP contribution in [0.15, 0.2) is 17.2 Å². The molecule has 4 rings (SSSR count). The first kappa shape index (κ1) is 14.3. The van der Waals surface area contributed by atoms with Gasteiger partial charge in [-0.15, -0.1) is 0 Å². The van der Waals surface area contributed by atoms with E-state index in [-0.39, 0.29) is 5.54 Å². The van der Waals surface area contributed by atoms with Crippen LogP contribution in [-0.2, 0) is 0 Å². The quantitative estimate of drug-likeness (QED) is 0.559. The minimum atomic E-state index is -0.0448. The number of hydrogen-bond donors (Lipinski definition) is 0. The van der Waals surface area contributed by atoms with Crippen LogP contribution >= 0.6 is 34.8 Å². The van der Waals surface area contributed by atoms with Gasteiger partial charge in [0.1, 0.15) is 15.6 Å². The van der Waals surface area contributed by atoms with Crippen molar-refractivity contribution < 1.29 is 4.70 Å². The lowest BCUT2D eigenvalue weighted by molar-refractivity contribution is -0.549. The van der Waals surface area contributed by atoms with E-state index in [2.05, 4.69) is 18.5 Å². The second-order valence-corrected chi connectivity index (χ2v) is 8.42. The van der Waals surface area contributed by atoms with E-state index >= 15 is 0 Å². The molecule has 0 radical (unpaired) electrons. The van der Waals surface area contributed by atoms with Gasteiger partial charge in [0.25, 0.3) is 5.69 Å². The summed E-state index contributed by atoms with van der Waals surface area (Å²) < 4.78 is 2.12. The fourth-order valence-electron chi connectivity index (χ4n) is 4.97. The normalized spacial score (nSPS) is 36.0. The number of benzene rings is 1. The summed E-state index contributed by atoms with van der Waals surface area (Å²) in [5.41, 5.74) is 0.785. The van der Waals surface area contributed by atoms with Gasteiger partial charge in [0, 0.05) is 10.9 Å². The molecule has 2 saturated carbocycles. The lowest BCUT2D eigenvalue weighted by Gasteiger charge is -2.27. The molecule has 0 saturated heterocycles. The molecule has 0 spiro atoms. The Morgan fingerprint density at radius 3 is 2.38 bits per heavy atom. The van der Waals surface area contributed by atoms with Gasteiger partial charge in [-0.05, 0) is 56.3 Å². The van der Waals surface area contributed by atoms with E-state index in [1.807, 2.05) is 0 Å². The fourth-order valence-corrected chi connectivity index (χ4v) is 5.96. The zero-order chi connectivity index (χ0) is 14.9. The van der Waals surface area contributed by atoms with Crippen molar-refractivity contribution in [1.82, 2.24) is 0 Å². The summed E-state index contributed by atoms with van der Waals surface area (Å²) in [5.74, 6) is 2.13. The molecule has 1 heterocycles. The third kappa shape index (κ3) is 1.99. The highest BCUT2D eigenvalue weighted by Crippen LogP contribution is 2.59. The van der Waals surface area contributed by atoms with Crippen molar-refractivity contribution in [3.8, 4) is 0 Å². The van der Waals surface area contributed by atoms with Crippen LogP contribution in [0, 0.1) is 17.8 Å². The van der Waals surface area contributed by atoms with Crippen molar-refractivity contribution >= 4 is 40.5 Å². The lowest BCUT2D eigenvalue weighted by atomic mass is 9.75. The topological polar surface area (TPSA) is 15.4 Å². The molecule has 0 unspecified atom stereocenters. The molecule has 1 aromatic carbocycles. The van der Waals surface area contributed by atoms with E-state index in [0.717, 1.165) is 11.6 Å². The van der Waals surface area contributed by atoms with Gasteiger partial charge in [-0.2, -0.15) is 0 Å². The maximum Gasteiger partial charge on any atom is 0.268 e. The third-order valence-corrected chi connectivity index (χ3v) is 6.34. The first-order valence-corrected chi connectivity index (χ1v) is 8.68. The largest absolute Gasteiger partial charge is 0.268 e. The highest BCUT2D eigenvalue weighted by molar-refractivity contribution is 6.41. The van der Waals surface area contributed by atoms with Crippen LogP contribution in [0.2, 0.25) is 15.1 Å². The van der Waals surface area contributed by atoms with Crippen LogP contribution in [0.5, 0.6) is 0 Å². The zero-order valence-electron chi connectivity index (χ0n) is 12.1. The number of hydrogen-bond acceptors (Lipinski definition) is 1. The van der Waals surface area contributed by atoms with Crippen molar-refractivity contribution in [3.63, 3.8) is 0 Å². The molecular weight excluding hydrogens is 327 g/mol. The summed E-state index contributed by atoms with van der Waals surface area (Å²) in [7, 11) is 0. The number of azo groups is 2.